The number of fused-ring (bicyclic) bond motifs is 1. The number of likely N-dealkylation sites (N-methyl/N-ethyl adjacent to an activating group) is 1. The van der Waals surface area contributed by atoms with Gasteiger partial charge in [-0.1, -0.05) is 12.1 Å². The molecule has 0 radical (unpaired) electrons. The van der Waals surface area contributed by atoms with E-state index in [1.54, 1.807) is 4.90 Å². The van der Waals surface area contributed by atoms with E-state index in [1.807, 2.05) is 32.9 Å². The van der Waals surface area contributed by atoms with Crippen molar-refractivity contribution in [3.05, 3.63) is 24.3 Å². The number of aromatic nitrogens is 1. The molecule has 124 valence electrons. The summed E-state index contributed by atoms with van der Waals surface area (Å²) in [6.45, 7) is 7.09. The number of nitrogens with zero attached hydrogens (tertiary/aromatic N) is 3. The lowest BCUT2D eigenvalue weighted by Gasteiger charge is -2.27. The Morgan fingerprint density at radius 3 is 2.87 bits per heavy atom. The third-order valence-corrected chi connectivity index (χ3v) is 4.87. The summed E-state index contributed by atoms with van der Waals surface area (Å²) >= 11 is 1.52. The molecule has 2 aromatic rings. The Balaban J connectivity index is 1.70. The predicted octanol–water partition coefficient (Wildman–Crippen LogP) is 3.74. The van der Waals surface area contributed by atoms with Gasteiger partial charge in [-0.25, -0.2) is 4.79 Å². The van der Waals surface area contributed by atoms with Crippen LogP contribution in [0, 0.1) is 0 Å². The molecule has 0 saturated carbocycles. The van der Waals surface area contributed by atoms with Gasteiger partial charge in [0.2, 0.25) is 0 Å². The normalized spacial score (nSPS) is 18.4. The van der Waals surface area contributed by atoms with Crippen molar-refractivity contribution in [2.75, 3.05) is 25.0 Å². The molecule has 1 aliphatic heterocycles. The maximum absolute atomic E-state index is 12.2. The van der Waals surface area contributed by atoms with E-state index >= 15 is 0 Å². The van der Waals surface area contributed by atoms with E-state index in [0.717, 1.165) is 18.8 Å². The van der Waals surface area contributed by atoms with Crippen molar-refractivity contribution in [2.45, 2.75) is 38.8 Å². The molecular weight excluding hydrogens is 310 g/mol. The average molecular weight is 333 g/mol. The summed E-state index contributed by atoms with van der Waals surface area (Å²) in [5.74, 6) is 1.00. The largest absolute Gasteiger partial charge is 0.444 e. The fraction of sp³-hybridized carbons (Fsp3) is 0.529. The standard InChI is InChI=1S/C17H23N3O2S/c1-17(2,3)22-16(21)20-10-9-12(11-20)19(4)15-13-7-5-6-8-14(13)23-18-15/h5-8,12H,9-11H2,1-4H3. The average Bonchev–Trinajstić information content (AvgIpc) is 3.12. The van der Waals surface area contributed by atoms with Crippen molar-refractivity contribution in [2.24, 2.45) is 0 Å². The Bertz CT molecular complexity index is 707. The third kappa shape index (κ3) is 3.42. The van der Waals surface area contributed by atoms with Crippen LogP contribution >= 0.6 is 11.5 Å². The zero-order chi connectivity index (χ0) is 16.6. The Labute approximate surface area is 141 Å². The predicted molar refractivity (Wildman–Crippen MR) is 94.2 cm³/mol. The number of hydrogen-bond acceptors (Lipinski definition) is 5. The van der Waals surface area contributed by atoms with Gasteiger partial charge < -0.3 is 14.5 Å². The molecule has 0 aliphatic carbocycles. The number of carbonyl (C=O) groups excluding carboxylic acids is 1. The smallest absolute Gasteiger partial charge is 0.410 e. The first-order valence-corrected chi connectivity index (χ1v) is 8.68. The molecular formula is C17H23N3O2S. The van der Waals surface area contributed by atoms with Gasteiger partial charge in [-0.05, 0) is 50.9 Å². The summed E-state index contributed by atoms with van der Waals surface area (Å²) in [5.41, 5.74) is -0.452. The fourth-order valence-electron chi connectivity index (χ4n) is 2.85. The molecule has 6 heteroatoms. The van der Waals surface area contributed by atoms with Crippen LogP contribution in [0.1, 0.15) is 27.2 Å². The van der Waals surface area contributed by atoms with Crippen LogP contribution in [0.25, 0.3) is 10.1 Å². The van der Waals surface area contributed by atoms with E-state index in [1.165, 1.54) is 21.6 Å². The highest BCUT2D eigenvalue weighted by Gasteiger charge is 2.32. The van der Waals surface area contributed by atoms with E-state index in [9.17, 15) is 4.79 Å². The molecule has 2 heterocycles. The van der Waals surface area contributed by atoms with Gasteiger partial charge in [0.25, 0.3) is 0 Å². The van der Waals surface area contributed by atoms with Crippen LogP contribution in [-0.2, 0) is 4.74 Å². The molecule has 1 amide bonds. The van der Waals surface area contributed by atoms with E-state index in [4.69, 9.17) is 4.74 Å². The van der Waals surface area contributed by atoms with Gasteiger partial charge in [-0.2, -0.15) is 4.37 Å². The molecule has 3 rings (SSSR count). The van der Waals surface area contributed by atoms with E-state index in [0.29, 0.717) is 6.54 Å². The summed E-state index contributed by atoms with van der Waals surface area (Å²) in [4.78, 5) is 16.2. The van der Waals surface area contributed by atoms with Crippen LogP contribution in [0.3, 0.4) is 0 Å². The number of benzene rings is 1. The molecule has 1 fully saturated rings. The van der Waals surface area contributed by atoms with E-state index in [2.05, 4.69) is 28.5 Å². The topological polar surface area (TPSA) is 45.7 Å². The van der Waals surface area contributed by atoms with Crippen molar-refractivity contribution in [3.8, 4) is 0 Å². The van der Waals surface area contributed by atoms with Crippen LogP contribution in [0.2, 0.25) is 0 Å². The zero-order valence-corrected chi connectivity index (χ0v) is 14.9. The lowest BCUT2D eigenvalue weighted by atomic mass is 10.2. The molecule has 1 atom stereocenters. The van der Waals surface area contributed by atoms with Crippen molar-refractivity contribution in [3.63, 3.8) is 0 Å². The van der Waals surface area contributed by atoms with E-state index in [-0.39, 0.29) is 12.1 Å². The van der Waals surface area contributed by atoms with Crippen LogP contribution < -0.4 is 4.90 Å². The number of ether oxygens (including phenoxy) is 1. The SMILES string of the molecule is CN(c1nsc2ccccc12)C1CCN(C(=O)OC(C)(C)C)C1. The van der Waals surface area contributed by atoms with Crippen molar-refractivity contribution < 1.29 is 9.53 Å². The highest BCUT2D eigenvalue weighted by molar-refractivity contribution is 7.13. The first kappa shape index (κ1) is 16.1. The Hall–Kier alpha value is -1.82. The van der Waals surface area contributed by atoms with Crippen LogP contribution in [0.15, 0.2) is 24.3 Å². The molecule has 0 spiro atoms. The molecule has 1 aromatic carbocycles. The van der Waals surface area contributed by atoms with Gasteiger partial charge in [0.15, 0.2) is 0 Å². The molecule has 23 heavy (non-hydrogen) atoms. The second-order valence-electron chi connectivity index (χ2n) is 6.98. The number of amides is 1. The van der Waals surface area contributed by atoms with Crippen LogP contribution in [0.4, 0.5) is 10.6 Å². The maximum atomic E-state index is 12.2. The van der Waals surface area contributed by atoms with Crippen LogP contribution in [-0.4, -0.2) is 47.1 Å². The molecule has 0 N–H and O–H groups in total. The summed E-state index contributed by atoms with van der Waals surface area (Å²) in [6.07, 6.45) is 0.707. The maximum Gasteiger partial charge on any atom is 0.410 e. The van der Waals surface area contributed by atoms with Crippen molar-refractivity contribution >= 4 is 33.5 Å². The van der Waals surface area contributed by atoms with Gasteiger partial charge in [0.05, 0.1) is 4.70 Å². The number of carbonyl (C=O) groups is 1. The number of likely N-dealkylation sites (tertiary alicyclic amines) is 1. The van der Waals surface area contributed by atoms with Gasteiger partial charge >= 0.3 is 6.09 Å². The summed E-state index contributed by atoms with van der Waals surface area (Å²) in [5, 5.41) is 1.18. The van der Waals surface area contributed by atoms with Gasteiger partial charge in [-0.15, -0.1) is 0 Å². The fourth-order valence-corrected chi connectivity index (χ4v) is 3.66. The lowest BCUT2D eigenvalue weighted by Crippen LogP contribution is -2.39. The van der Waals surface area contributed by atoms with Crippen molar-refractivity contribution in [1.29, 1.82) is 0 Å². The molecule has 1 saturated heterocycles. The minimum atomic E-state index is -0.452. The first-order chi connectivity index (χ1) is 10.8. The van der Waals surface area contributed by atoms with Crippen LogP contribution in [0.5, 0.6) is 0 Å². The molecule has 0 bridgehead atoms. The minimum absolute atomic E-state index is 0.225. The highest BCUT2D eigenvalue weighted by atomic mass is 32.1. The van der Waals surface area contributed by atoms with E-state index < -0.39 is 5.60 Å². The molecule has 1 aromatic heterocycles. The monoisotopic (exact) mass is 333 g/mol. The molecule has 1 unspecified atom stereocenters. The van der Waals surface area contributed by atoms with Gasteiger partial charge in [0.1, 0.15) is 11.4 Å². The number of rotatable bonds is 2. The lowest BCUT2D eigenvalue weighted by molar-refractivity contribution is 0.0292. The Kier molecular flexibility index (Phi) is 4.19. The van der Waals surface area contributed by atoms with Crippen molar-refractivity contribution in [1.82, 2.24) is 9.27 Å². The second kappa shape index (κ2) is 6.00. The first-order valence-electron chi connectivity index (χ1n) is 7.90. The Morgan fingerprint density at radius 1 is 1.39 bits per heavy atom. The summed E-state index contributed by atoms with van der Waals surface area (Å²) < 4.78 is 11.3. The van der Waals surface area contributed by atoms with Gasteiger partial charge in [-0.3, -0.25) is 0 Å². The summed E-state index contributed by atoms with van der Waals surface area (Å²) in [7, 11) is 2.06. The Morgan fingerprint density at radius 2 is 2.13 bits per heavy atom. The second-order valence-corrected chi connectivity index (χ2v) is 7.79. The quantitative estimate of drug-likeness (QED) is 0.840. The zero-order valence-electron chi connectivity index (χ0n) is 14.1. The minimum Gasteiger partial charge on any atom is -0.444 e. The molecule has 1 aliphatic rings. The number of anilines is 1. The number of hydrogen-bond donors (Lipinski definition) is 0. The third-order valence-electron chi connectivity index (χ3n) is 4.06. The molecule has 5 nitrogen and oxygen atoms in total. The summed E-state index contributed by atoms with van der Waals surface area (Å²) in [6, 6.07) is 8.53. The highest BCUT2D eigenvalue weighted by Crippen LogP contribution is 2.31. The van der Waals surface area contributed by atoms with Gasteiger partial charge in [0, 0.05) is 31.6 Å².